The monoisotopic (exact) mass is 692 g/mol. The predicted octanol–water partition coefficient (Wildman–Crippen LogP) is 6.90. The number of rotatable bonds is 4. The van der Waals surface area contributed by atoms with Gasteiger partial charge in [0, 0.05) is 46.9 Å². The first kappa shape index (κ1) is 30.2. The van der Waals surface area contributed by atoms with Gasteiger partial charge in [-0.25, -0.2) is 9.97 Å². The zero-order valence-corrected chi connectivity index (χ0v) is 28.8. The molecule has 1 aliphatic carbocycles. The number of Topliss-reactive ketones (excluding diaryl/α,β-unsaturated/α-hetero) is 1. The number of aromatic nitrogens is 2. The van der Waals surface area contributed by atoms with Crippen LogP contribution in [0.4, 0.5) is 5.69 Å². The number of nitrogens with zero attached hydrogens (tertiary/aromatic N) is 2. The number of oxazole rings is 2. The zero-order valence-electron chi connectivity index (χ0n) is 28.8. The summed E-state index contributed by atoms with van der Waals surface area (Å²) in [7, 11) is 0. The Kier molecular flexibility index (Phi) is 6.25. The van der Waals surface area contributed by atoms with Gasteiger partial charge in [-0.05, 0) is 59.9 Å². The lowest BCUT2D eigenvalue weighted by Crippen LogP contribution is -2.40. The Labute approximate surface area is 299 Å². The van der Waals surface area contributed by atoms with E-state index in [4.69, 9.17) is 28.3 Å². The third-order valence-corrected chi connectivity index (χ3v) is 11.9. The summed E-state index contributed by atoms with van der Waals surface area (Å²) >= 11 is 0. The average molecular weight is 693 g/mol. The Hall–Kier alpha value is -5.48. The summed E-state index contributed by atoms with van der Waals surface area (Å²) in [4.78, 5) is 37.8. The molecule has 10 bridgehead atoms. The van der Waals surface area contributed by atoms with Gasteiger partial charge >= 0.3 is 0 Å². The summed E-state index contributed by atoms with van der Waals surface area (Å²) in [6.45, 7) is 4.62. The Morgan fingerprint density at radius 3 is 2.79 bits per heavy atom. The van der Waals surface area contributed by atoms with Crippen molar-refractivity contribution < 1.29 is 27.9 Å². The topological polar surface area (TPSA) is 129 Å². The van der Waals surface area contributed by atoms with E-state index in [-0.39, 0.29) is 24.0 Å². The van der Waals surface area contributed by atoms with Crippen molar-refractivity contribution in [2.45, 2.75) is 69.7 Å². The Morgan fingerprint density at radius 2 is 1.92 bits per heavy atom. The highest BCUT2D eigenvalue weighted by Gasteiger charge is 2.61. The van der Waals surface area contributed by atoms with E-state index in [1.54, 1.807) is 6.20 Å². The number of amides is 1. The minimum atomic E-state index is -0.991. The quantitative estimate of drug-likeness (QED) is 0.207. The molecule has 2 unspecified atom stereocenters. The molecule has 1 amide bonds. The maximum atomic E-state index is 14.3. The number of hydrogen-bond donors (Lipinski definition) is 2. The lowest BCUT2D eigenvalue weighted by atomic mass is 9.71. The second-order valence-electron chi connectivity index (χ2n) is 15.2. The van der Waals surface area contributed by atoms with Gasteiger partial charge in [-0.15, -0.1) is 0 Å². The van der Waals surface area contributed by atoms with Crippen LogP contribution in [0.15, 0.2) is 75.7 Å². The number of ketones is 1. The van der Waals surface area contributed by atoms with Crippen LogP contribution in [0.3, 0.4) is 0 Å². The van der Waals surface area contributed by atoms with Crippen molar-refractivity contribution in [1.82, 2.24) is 15.3 Å². The van der Waals surface area contributed by atoms with Gasteiger partial charge in [0.05, 0.1) is 6.20 Å². The molecule has 3 aromatic carbocycles. The van der Waals surface area contributed by atoms with Crippen LogP contribution in [0.1, 0.15) is 84.4 Å². The van der Waals surface area contributed by atoms with Gasteiger partial charge in [0.15, 0.2) is 29.2 Å². The van der Waals surface area contributed by atoms with E-state index in [9.17, 15) is 9.59 Å². The number of benzene rings is 3. The minimum Gasteiger partial charge on any atom is -0.469 e. The van der Waals surface area contributed by atoms with Gasteiger partial charge in [-0.1, -0.05) is 68.5 Å². The highest BCUT2D eigenvalue weighted by molar-refractivity contribution is 5.97. The van der Waals surface area contributed by atoms with Crippen LogP contribution in [-0.2, 0) is 32.6 Å². The van der Waals surface area contributed by atoms with Crippen LogP contribution >= 0.6 is 0 Å². The first-order chi connectivity index (χ1) is 25.4. The zero-order chi connectivity index (χ0) is 34.9. The van der Waals surface area contributed by atoms with Crippen LogP contribution in [0.2, 0.25) is 0 Å². The normalized spacial score (nSPS) is 25.7. The molecule has 0 radical (unpaired) electrons. The van der Waals surface area contributed by atoms with Crippen molar-refractivity contribution in [3.8, 4) is 28.5 Å². The largest absolute Gasteiger partial charge is 0.469 e. The number of allylic oxidation sites excluding steroid dienone is 1. The first-order valence-corrected chi connectivity index (χ1v) is 18.3. The van der Waals surface area contributed by atoms with Crippen molar-refractivity contribution in [2.75, 3.05) is 11.9 Å². The number of nitrogens with one attached hydrogen (secondary N) is 2. The molecule has 1 saturated heterocycles. The molecule has 10 nitrogen and oxygen atoms in total. The molecule has 11 rings (SSSR count). The molecule has 2 aromatic heterocycles. The lowest BCUT2D eigenvalue weighted by molar-refractivity contribution is -0.134. The molecule has 5 aliphatic heterocycles. The van der Waals surface area contributed by atoms with Crippen LogP contribution in [0.5, 0.6) is 5.75 Å². The maximum Gasteiger partial charge on any atom is 0.249 e. The standard InChI is InChI=1S/C42H36N4O6/c1-20(2)34-40-45-36-37(52-40)42-27-9-4-8-25(24-7-3-6-22-12-13-26(33(22)24)32-19-43-39(36)50-32)35(27)46-41(42)51-30-14-11-21(17-28(30)42)16-23(38(48)44-34)18-29(47)31-10-5-15-49-31/h3-4,6-9,11,13-14,17,19-20,23,31,34,41,46H,5,10,12,15-16,18H2,1-2H3,(H,44,48)/t23?,31-,34+,41+,42?/m1/s1. The van der Waals surface area contributed by atoms with Gasteiger partial charge in [0.1, 0.15) is 23.3 Å². The van der Waals surface area contributed by atoms with E-state index in [2.05, 4.69) is 59.2 Å². The van der Waals surface area contributed by atoms with E-state index in [0.717, 1.165) is 57.5 Å². The average Bonchev–Trinajstić information content (AvgIpc) is 3.99. The number of para-hydroxylation sites is 1. The number of fused-ring (bicyclic) bond motifs is 7. The van der Waals surface area contributed by atoms with Gasteiger partial charge in [0.2, 0.25) is 17.7 Å². The minimum absolute atomic E-state index is 0.0377. The Bertz CT molecular complexity index is 2400. The van der Waals surface area contributed by atoms with Crippen molar-refractivity contribution >= 4 is 23.0 Å². The van der Waals surface area contributed by atoms with Gasteiger partial charge < -0.3 is 28.9 Å². The van der Waals surface area contributed by atoms with Crippen LogP contribution < -0.4 is 15.4 Å². The fourth-order valence-electron chi connectivity index (χ4n) is 9.42. The van der Waals surface area contributed by atoms with E-state index in [1.165, 1.54) is 5.56 Å². The van der Waals surface area contributed by atoms with Crippen molar-refractivity contribution in [3.63, 3.8) is 0 Å². The number of ether oxygens (including phenoxy) is 2. The summed E-state index contributed by atoms with van der Waals surface area (Å²) in [6, 6.07) is 18.4. The van der Waals surface area contributed by atoms with E-state index < -0.39 is 29.7 Å². The predicted molar refractivity (Wildman–Crippen MR) is 191 cm³/mol. The molecule has 52 heavy (non-hydrogen) atoms. The second-order valence-corrected chi connectivity index (χ2v) is 15.2. The lowest BCUT2D eigenvalue weighted by Gasteiger charge is -2.28. The van der Waals surface area contributed by atoms with Gasteiger partial charge in [-0.3, -0.25) is 9.59 Å². The molecule has 2 N–H and O–H groups in total. The van der Waals surface area contributed by atoms with E-state index >= 15 is 0 Å². The third kappa shape index (κ3) is 4.04. The Balaban J connectivity index is 1.19. The number of carbonyl (C=O) groups excluding carboxylic acids is 2. The van der Waals surface area contributed by atoms with Crippen LogP contribution in [-0.4, -0.2) is 40.6 Å². The molecule has 6 aliphatic rings. The summed E-state index contributed by atoms with van der Waals surface area (Å²) in [5.41, 5.74) is 8.77. The van der Waals surface area contributed by atoms with Crippen molar-refractivity contribution in [1.29, 1.82) is 0 Å². The third-order valence-electron chi connectivity index (χ3n) is 11.9. The van der Waals surface area contributed by atoms with E-state index in [0.29, 0.717) is 54.2 Å². The van der Waals surface area contributed by atoms with Crippen molar-refractivity contribution in [3.05, 3.63) is 112 Å². The Morgan fingerprint density at radius 1 is 1.04 bits per heavy atom. The molecule has 0 saturated carbocycles. The highest BCUT2D eigenvalue weighted by Crippen LogP contribution is 2.61. The summed E-state index contributed by atoms with van der Waals surface area (Å²) in [5.74, 6) is 1.61. The number of carbonyl (C=O) groups is 2. The molecule has 1 spiro atoms. The number of hydrogen-bond acceptors (Lipinski definition) is 9. The fraction of sp³-hybridized carbons (Fsp3) is 0.333. The molecule has 10 heteroatoms. The SMILES string of the molecule is CC(C)[C@@H]1NC(=O)C(CC(=O)[C@H]2CCCO2)Cc2ccc3c(c2)C24c5cccc(c5N[C@H]2O3)-c2cccc3c2C(=CC3)c2cnc(o2)-c2nc1oc24. The fourth-order valence-corrected chi connectivity index (χ4v) is 9.42. The molecule has 5 atom stereocenters. The maximum absolute atomic E-state index is 14.3. The van der Waals surface area contributed by atoms with Gasteiger partial charge in [0.25, 0.3) is 0 Å². The molecular formula is C42H36N4O6. The summed E-state index contributed by atoms with van der Waals surface area (Å²) < 4.78 is 26.3. The van der Waals surface area contributed by atoms with Crippen LogP contribution in [0, 0.1) is 11.8 Å². The van der Waals surface area contributed by atoms with Crippen LogP contribution in [0.25, 0.3) is 28.3 Å². The summed E-state index contributed by atoms with van der Waals surface area (Å²) in [6.07, 6.45) is 5.70. The molecule has 260 valence electrons. The molecule has 1 fully saturated rings. The van der Waals surface area contributed by atoms with Crippen molar-refractivity contribution in [2.24, 2.45) is 11.8 Å². The summed E-state index contributed by atoms with van der Waals surface area (Å²) in [5, 5.41) is 7.08. The van der Waals surface area contributed by atoms with Gasteiger partial charge in [-0.2, -0.15) is 0 Å². The molecule has 5 aromatic rings. The molecule has 7 heterocycles. The number of anilines is 1. The molecular weight excluding hydrogens is 656 g/mol. The smallest absolute Gasteiger partial charge is 0.249 e. The highest BCUT2D eigenvalue weighted by atomic mass is 16.5. The first-order valence-electron chi connectivity index (χ1n) is 18.3. The van der Waals surface area contributed by atoms with E-state index in [1.807, 2.05) is 26.0 Å². The second kappa shape index (κ2) is 10.8.